The first kappa shape index (κ1) is 22.7. The Morgan fingerprint density at radius 2 is 1.81 bits per heavy atom. The number of benzene rings is 2. The molecule has 0 aromatic heterocycles. The van der Waals surface area contributed by atoms with Crippen molar-refractivity contribution in [2.45, 2.75) is 31.7 Å². The number of nitrogens with zero attached hydrogens (tertiary/aromatic N) is 1. The summed E-state index contributed by atoms with van der Waals surface area (Å²) in [5, 5.41) is 5.04. The van der Waals surface area contributed by atoms with Gasteiger partial charge < -0.3 is 15.4 Å². The van der Waals surface area contributed by atoms with Gasteiger partial charge in [0.25, 0.3) is 0 Å². The van der Waals surface area contributed by atoms with E-state index in [2.05, 4.69) is 15.5 Å². The van der Waals surface area contributed by atoms with Crippen LogP contribution in [-0.2, 0) is 9.59 Å². The van der Waals surface area contributed by atoms with Crippen LogP contribution in [0.5, 0.6) is 5.75 Å². The monoisotopic (exact) mass is 431 g/mol. The number of anilines is 1. The van der Waals surface area contributed by atoms with Gasteiger partial charge in [-0.1, -0.05) is 25.0 Å². The zero-order valence-corrected chi connectivity index (χ0v) is 17.5. The van der Waals surface area contributed by atoms with Gasteiger partial charge in [-0.3, -0.25) is 14.5 Å². The third-order valence-corrected chi connectivity index (χ3v) is 5.36. The van der Waals surface area contributed by atoms with E-state index in [0.29, 0.717) is 0 Å². The number of carbonyl (C=O) groups excluding carboxylic acids is 2. The van der Waals surface area contributed by atoms with E-state index in [-0.39, 0.29) is 30.7 Å². The first-order valence-corrected chi connectivity index (χ1v) is 10.4. The van der Waals surface area contributed by atoms with Crippen LogP contribution in [0, 0.1) is 11.6 Å². The average Bonchev–Trinajstić information content (AvgIpc) is 3.00. The summed E-state index contributed by atoms with van der Waals surface area (Å²) in [5.74, 6) is -2.03. The fourth-order valence-corrected chi connectivity index (χ4v) is 3.76. The Morgan fingerprint density at radius 3 is 2.52 bits per heavy atom. The lowest BCUT2D eigenvalue weighted by Crippen LogP contribution is -2.41. The summed E-state index contributed by atoms with van der Waals surface area (Å²) in [4.78, 5) is 26.7. The molecular weight excluding hydrogens is 404 g/mol. The molecule has 1 atom stereocenters. The summed E-state index contributed by atoms with van der Waals surface area (Å²) in [6.45, 7) is 0.721. The van der Waals surface area contributed by atoms with Crippen LogP contribution in [-0.4, -0.2) is 43.5 Å². The van der Waals surface area contributed by atoms with Crippen molar-refractivity contribution in [3.05, 3.63) is 59.7 Å². The van der Waals surface area contributed by atoms with E-state index in [0.717, 1.165) is 55.7 Å². The summed E-state index contributed by atoms with van der Waals surface area (Å²) in [5.41, 5.74) is 1.26. The molecule has 1 aliphatic heterocycles. The lowest BCUT2D eigenvalue weighted by Gasteiger charge is -2.29. The normalized spacial score (nSPS) is 16.9. The Kier molecular flexibility index (Phi) is 7.94. The van der Waals surface area contributed by atoms with E-state index < -0.39 is 17.5 Å². The van der Waals surface area contributed by atoms with Crippen molar-refractivity contribution in [1.29, 1.82) is 0 Å². The van der Waals surface area contributed by atoms with Gasteiger partial charge in [-0.05, 0) is 49.2 Å². The highest BCUT2D eigenvalue weighted by Gasteiger charge is 2.24. The molecule has 1 saturated heterocycles. The predicted molar refractivity (Wildman–Crippen MR) is 114 cm³/mol. The number of ether oxygens (including phenoxy) is 1. The van der Waals surface area contributed by atoms with Crippen LogP contribution in [0.2, 0.25) is 0 Å². The van der Waals surface area contributed by atoms with Gasteiger partial charge in [0.2, 0.25) is 11.8 Å². The molecule has 31 heavy (non-hydrogen) atoms. The number of halogens is 2. The number of carbonyl (C=O) groups is 2. The summed E-state index contributed by atoms with van der Waals surface area (Å²) in [6, 6.07) is 11.1. The molecule has 1 aliphatic rings. The number of amides is 2. The van der Waals surface area contributed by atoms with Crippen LogP contribution in [0.3, 0.4) is 0 Å². The van der Waals surface area contributed by atoms with Crippen molar-refractivity contribution in [3.8, 4) is 5.75 Å². The second-order valence-corrected chi connectivity index (χ2v) is 7.56. The summed E-state index contributed by atoms with van der Waals surface area (Å²) in [6.07, 6.45) is 4.17. The number of methoxy groups -OCH3 is 1. The van der Waals surface area contributed by atoms with Gasteiger partial charge in [0.1, 0.15) is 5.75 Å². The van der Waals surface area contributed by atoms with Crippen molar-refractivity contribution >= 4 is 17.5 Å². The van der Waals surface area contributed by atoms with E-state index in [1.54, 1.807) is 7.11 Å². The van der Waals surface area contributed by atoms with Crippen molar-refractivity contribution < 1.29 is 23.1 Å². The highest BCUT2D eigenvalue weighted by atomic mass is 19.2. The maximum absolute atomic E-state index is 13.2. The molecule has 6 nitrogen and oxygen atoms in total. The Bertz CT molecular complexity index is 905. The fraction of sp³-hybridized carbons (Fsp3) is 0.391. The largest absolute Gasteiger partial charge is 0.497 e. The first-order valence-electron chi connectivity index (χ1n) is 10.4. The highest BCUT2D eigenvalue weighted by molar-refractivity contribution is 5.94. The molecule has 3 rings (SSSR count). The Labute approximate surface area is 180 Å². The van der Waals surface area contributed by atoms with Crippen LogP contribution in [0.15, 0.2) is 42.5 Å². The minimum Gasteiger partial charge on any atom is -0.497 e. The van der Waals surface area contributed by atoms with Gasteiger partial charge >= 0.3 is 0 Å². The Balaban J connectivity index is 1.55. The summed E-state index contributed by atoms with van der Waals surface area (Å²) < 4.78 is 31.5. The number of hydrogen-bond donors (Lipinski definition) is 2. The molecule has 8 heteroatoms. The zero-order valence-electron chi connectivity index (χ0n) is 17.5. The predicted octanol–water partition coefficient (Wildman–Crippen LogP) is 3.65. The van der Waals surface area contributed by atoms with Gasteiger partial charge in [-0.2, -0.15) is 0 Å². The van der Waals surface area contributed by atoms with Crippen LogP contribution >= 0.6 is 0 Å². The minimum atomic E-state index is -1.05. The van der Waals surface area contributed by atoms with Crippen molar-refractivity contribution in [2.75, 3.05) is 32.1 Å². The molecule has 2 aromatic rings. The third kappa shape index (κ3) is 6.49. The third-order valence-electron chi connectivity index (χ3n) is 5.36. The molecule has 0 saturated carbocycles. The lowest BCUT2D eigenvalue weighted by atomic mass is 10.0. The van der Waals surface area contributed by atoms with E-state index in [9.17, 15) is 18.4 Å². The SMILES string of the molecule is COc1ccc(C2CCCCCN2CC(=O)NCC(=O)Nc2ccc(F)c(F)c2)cc1. The van der Waals surface area contributed by atoms with Crippen LogP contribution in [0.1, 0.15) is 37.3 Å². The minimum absolute atomic E-state index is 0.121. The molecule has 0 bridgehead atoms. The average molecular weight is 431 g/mol. The highest BCUT2D eigenvalue weighted by Crippen LogP contribution is 2.30. The number of rotatable bonds is 7. The van der Waals surface area contributed by atoms with E-state index in [1.165, 1.54) is 6.07 Å². The summed E-state index contributed by atoms with van der Waals surface area (Å²) in [7, 11) is 1.63. The first-order chi connectivity index (χ1) is 15.0. The smallest absolute Gasteiger partial charge is 0.243 e. The van der Waals surface area contributed by atoms with Crippen LogP contribution < -0.4 is 15.4 Å². The Hall–Kier alpha value is -3.00. The molecule has 2 N–H and O–H groups in total. The van der Waals surface area contributed by atoms with E-state index in [4.69, 9.17) is 4.74 Å². The Morgan fingerprint density at radius 1 is 1.03 bits per heavy atom. The molecular formula is C23H27F2N3O3. The fourth-order valence-electron chi connectivity index (χ4n) is 3.76. The second-order valence-electron chi connectivity index (χ2n) is 7.56. The zero-order chi connectivity index (χ0) is 22.2. The lowest BCUT2D eigenvalue weighted by molar-refractivity contribution is -0.125. The second kappa shape index (κ2) is 10.9. The maximum atomic E-state index is 13.2. The molecule has 0 spiro atoms. The molecule has 1 unspecified atom stereocenters. The van der Waals surface area contributed by atoms with Gasteiger partial charge in [0, 0.05) is 17.8 Å². The maximum Gasteiger partial charge on any atom is 0.243 e. The van der Waals surface area contributed by atoms with Gasteiger partial charge in [-0.25, -0.2) is 8.78 Å². The molecule has 2 aromatic carbocycles. The van der Waals surface area contributed by atoms with E-state index in [1.807, 2.05) is 24.3 Å². The van der Waals surface area contributed by atoms with Gasteiger partial charge in [0.15, 0.2) is 11.6 Å². The molecule has 0 radical (unpaired) electrons. The van der Waals surface area contributed by atoms with Gasteiger partial charge in [0.05, 0.1) is 20.2 Å². The quantitative estimate of drug-likeness (QED) is 0.702. The molecule has 2 amide bonds. The molecule has 1 fully saturated rings. The van der Waals surface area contributed by atoms with Crippen molar-refractivity contribution in [3.63, 3.8) is 0 Å². The molecule has 166 valence electrons. The van der Waals surface area contributed by atoms with Crippen molar-refractivity contribution in [1.82, 2.24) is 10.2 Å². The van der Waals surface area contributed by atoms with Crippen LogP contribution in [0.4, 0.5) is 14.5 Å². The van der Waals surface area contributed by atoms with Gasteiger partial charge in [-0.15, -0.1) is 0 Å². The summed E-state index contributed by atoms with van der Waals surface area (Å²) >= 11 is 0. The van der Waals surface area contributed by atoms with Crippen molar-refractivity contribution in [2.24, 2.45) is 0 Å². The molecule has 0 aliphatic carbocycles. The number of likely N-dealkylation sites (tertiary alicyclic amines) is 1. The number of nitrogens with one attached hydrogen (secondary N) is 2. The van der Waals surface area contributed by atoms with Crippen LogP contribution in [0.25, 0.3) is 0 Å². The standard InChI is InChI=1S/C23H27F2N3O3/c1-31-18-9-6-16(7-10-18)21-5-3-2-4-12-28(21)15-23(30)26-14-22(29)27-17-8-11-19(24)20(25)13-17/h6-11,13,21H,2-5,12,14-15H2,1H3,(H,26,30)(H,27,29). The van der Waals surface area contributed by atoms with E-state index >= 15 is 0 Å². The topological polar surface area (TPSA) is 70.7 Å². The number of hydrogen-bond acceptors (Lipinski definition) is 4. The molecule has 1 heterocycles.